The molecule has 6 nitrogen and oxygen atoms in total. The summed E-state index contributed by atoms with van der Waals surface area (Å²) in [6.45, 7) is 6.26. The van der Waals surface area contributed by atoms with Crippen LogP contribution in [0.1, 0.15) is 34.6 Å². The first kappa shape index (κ1) is 12.3. The maximum absolute atomic E-state index is 11.5. The Kier molecular flexibility index (Phi) is 3.45. The number of rotatable bonds is 4. The number of nitrogens with zero attached hydrogens (tertiary/aromatic N) is 3. The zero-order valence-corrected chi connectivity index (χ0v) is 10.6. The van der Waals surface area contributed by atoms with Gasteiger partial charge in [-0.05, 0) is 20.8 Å². The van der Waals surface area contributed by atoms with E-state index in [1.807, 2.05) is 13.8 Å². The van der Waals surface area contributed by atoms with Crippen molar-refractivity contribution in [3.8, 4) is 0 Å². The molecule has 0 aliphatic rings. The molecule has 0 bridgehead atoms. The molecule has 2 rings (SSSR count). The summed E-state index contributed by atoms with van der Waals surface area (Å²) in [6, 6.07) is 0. The van der Waals surface area contributed by atoms with Gasteiger partial charge in [-0.1, -0.05) is 0 Å². The first-order valence-corrected chi connectivity index (χ1v) is 5.72. The summed E-state index contributed by atoms with van der Waals surface area (Å²) in [5.41, 5.74) is 1.29. The topological polar surface area (TPSA) is 70.2 Å². The zero-order chi connectivity index (χ0) is 13.1. The summed E-state index contributed by atoms with van der Waals surface area (Å²) in [6.07, 6.45) is 3.09. The molecule has 18 heavy (non-hydrogen) atoms. The molecule has 0 aliphatic carbocycles. The van der Waals surface area contributed by atoms with Crippen LogP contribution < -0.4 is 0 Å². The Morgan fingerprint density at radius 3 is 2.89 bits per heavy atom. The van der Waals surface area contributed by atoms with E-state index in [0.29, 0.717) is 24.6 Å². The van der Waals surface area contributed by atoms with Crippen molar-refractivity contribution in [2.75, 3.05) is 6.61 Å². The largest absolute Gasteiger partial charge is 0.462 e. The van der Waals surface area contributed by atoms with Crippen LogP contribution in [0.2, 0.25) is 0 Å². The van der Waals surface area contributed by atoms with E-state index in [1.165, 1.54) is 6.20 Å². The van der Waals surface area contributed by atoms with Gasteiger partial charge in [-0.3, -0.25) is 4.68 Å². The highest BCUT2D eigenvalue weighted by Gasteiger charge is 2.11. The number of ether oxygens (including phenoxy) is 1. The molecule has 0 N–H and O–H groups in total. The second-order valence-corrected chi connectivity index (χ2v) is 3.90. The van der Waals surface area contributed by atoms with E-state index < -0.39 is 0 Å². The van der Waals surface area contributed by atoms with E-state index >= 15 is 0 Å². The van der Waals surface area contributed by atoms with Crippen molar-refractivity contribution in [3.63, 3.8) is 0 Å². The summed E-state index contributed by atoms with van der Waals surface area (Å²) in [4.78, 5) is 15.7. The zero-order valence-electron chi connectivity index (χ0n) is 10.6. The number of hydrogen-bond acceptors (Lipinski definition) is 5. The SMILES string of the molecule is CCOC(=O)c1cnn(Cc2nc(C)c(C)o2)c1. The first-order valence-electron chi connectivity index (χ1n) is 5.72. The molecular formula is C12H15N3O3. The van der Waals surface area contributed by atoms with Crippen molar-refractivity contribution in [3.05, 3.63) is 35.3 Å². The Morgan fingerprint density at radius 2 is 2.28 bits per heavy atom. The number of carbonyl (C=O) groups excluding carboxylic acids is 1. The summed E-state index contributed by atoms with van der Waals surface area (Å²) in [7, 11) is 0. The number of esters is 1. The molecule has 0 saturated carbocycles. The van der Waals surface area contributed by atoms with Gasteiger partial charge in [-0.25, -0.2) is 9.78 Å². The summed E-state index contributed by atoms with van der Waals surface area (Å²) >= 11 is 0. The third-order valence-corrected chi connectivity index (χ3v) is 2.51. The molecular weight excluding hydrogens is 234 g/mol. The van der Waals surface area contributed by atoms with Gasteiger partial charge in [-0.15, -0.1) is 0 Å². The number of aryl methyl sites for hydroxylation is 2. The molecule has 0 amide bonds. The third-order valence-electron chi connectivity index (χ3n) is 2.51. The Balaban J connectivity index is 2.09. The van der Waals surface area contributed by atoms with Crippen molar-refractivity contribution >= 4 is 5.97 Å². The van der Waals surface area contributed by atoms with E-state index in [4.69, 9.17) is 9.15 Å². The minimum atomic E-state index is -0.372. The maximum Gasteiger partial charge on any atom is 0.341 e. The standard InChI is InChI=1S/C12H15N3O3/c1-4-17-12(16)10-5-13-15(6-10)7-11-14-8(2)9(3)18-11/h5-6H,4,7H2,1-3H3. The van der Waals surface area contributed by atoms with Crippen molar-refractivity contribution in [1.29, 1.82) is 0 Å². The van der Waals surface area contributed by atoms with Crippen LogP contribution >= 0.6 is 0 Å². The van der Waals surface area contributed by atoms with Crippen LogP contribution in [0, 0.1) is 13.8 Å². The van der Waals surface area contributed by atoms with Gasteiger partial charge in [-0.2, -0.15) is 5.10 Å². The molecule has 0 spiro atoms. The van der Waals surface area contributed by atoms with E-state index in [9.17, 15) is 4.79 Å². The van der Waals surface area contributed by atoms with E-state index in [0.717, 1.165) is 11.5 Å². The second kappa shape index (κ2) is 5.03. The Hall–Kier alpha value is -2.11. The van der Waals surface area contributed by atoms with Crippen LogP contribution in [0.5, 0.6) is 0 Å². The van der Waals surface area contributed by atoms with Gasteiger partial charge < -0.3 is 9.15 Å². The number of hydrogen-bond donors (Lipinski definition) is 0. The molecule has 6 heteroatoms. The molecule has 0 radical (unpaired) electrons. The quantitative estimate of drug-likeness (QED) is 0.771. The fraction of sp³-hybridized carbons (Fsp3) is 0.417. The summed E-state index contributed by atoms with van der Waals surface area (Å²) in [5.74, 6) is 0.995. The average molecular weight is 249 g/mol. The van der Waals surface area contributed by atoms with Crippen LogP contribution in [0.15, 0.2) is 16.8 Å². The van der Waals surface area contributed by atoms with Gasteiger partial charge in [0.1, 0.15) is 12.3 Å². The third kappa shape index (κ3) is 2.58. The van der Waals surface area contributed by atoms with Crippen molar-refractivity contribution in [2.45, 2.75) is 27.3 Å². The Bertz CT molecular complexity index is 537. The highest BCUT2D eigenvalue weighted by atomic mass is 16.5. The van der Waals surface area contributed by atoms with Crippen LogP contribution in [0.25, 0.3) is 0 Å². The van der Waals surface area contributed by atoms with Gasteiger partial charge in [0.25, 0.3) is 0 Å². The lowest BCUT2D eigenvalue weighted by Crippen LogP contribution is -2.04. The lowest BCUT2D eigenvalue weighted by molar-refractivity contribution is 0.0526. The van der Waals surface area contributed by atoms with E-state index in [2.05, 4.69) is 10.1 Å². The fourth-order valence-electron chi connectivity index (χ4n) is 1.52. The van der Waals surface area contributed by atoms with Gasteiger partial charge >= 0.3 is 5.97 Å². The first-order chi connectivity index (χ1) is 8.60. The van der Waals surface area contributed by atoms with Gasteiger partial charge in [0.15, 0.2) is 0 Å². The average Bonchev–Trinajstić information content (AvgIpc) is 2.88. The monoisotopic (exact) mass is 249 g/mol. The molecule has 0 atom stereocenters. The molecule has 0 saturated heterocycles. The summed E-state index contributed by atoms with van der Waals surface area (Å²) < 4.78 is 11.9. The minimum absolute atomic E-state index is 0.349. The van der Waals surface area contributed by atoms with E-state index in [-0.39, 0.29) is 5.97 Å². The molecule has 2 aromatic rings. The van der Waals surface area contributed by atoms with Gasteiger partial charge in [0, 0.05) is 6.20 Å². The smallest absolute Gasteiger partial charge is 0.341 e. The highest BCUT2D eigenvalue weighted by molar-refractivity contribution is 5.88. The Labute approximate surface area is 105 Å². The Morgan fingerprint density at radius 1 is 1.50 bits per heavy atom. The van der Waals surface area contributed by atoms with Crippen LogP contribution in [-0.4, -0.2) is 27.3 Å². The van der Waals surface area contributed by atoms with Crippen LogP contribution in [0.4, 0.5) is 0 Å². The molecule has 0 fully saturated rings. The van der Waals surface area contributed by atoms with Gasteiger partial charge in [0.2, 0.25) is 5.89 Å². The minimum Gasteiger partial charge on any atom is -0.462 e. The second-order valence-electron chi connectivity index (χ2n) is 3.90. The number of oxazole rings is 1. The molecule has 2 aromatic heterocycles. The fourth-order valence-corrected chi connectivity index (χ4v) is 1.52. The lowest BCUT2D eigenvalue weighted by atomic mass is 10.4. The normalized spacial score (nSPS) is 10.6. The van der Waals surface area contributed by atoms with E-state index in [1.54, 1.807) is 17.8 Å². The number of aromatic nitrogens is 3. The molecule has 0 aromatic carbocycles. The maximum atomic E-state index is 11.5. The predicted octanol–water partition coefficient (Wildman–Crippen LogP) is 1.71. The molecule has 0 unspecified atom stereocenters. The molecule has 2 heterocycles. The van der Waals surface area contributed by atoms with Gasteiger partial charge in [0.05, 0.1) is 24.1 Å². The molecule has 0 aliphatic heterocycles. The molecule has 96 valence electrons. The lowest BCUT2D eigenvalue weighted by Gasteiger charge is -1.97. The number of carbonyl (C=O) groups is 1. The van der Waals surface area contributed by atoms with Crippen LogP contribution in [0.3, 0.4) is 0 Å². The predicted molar refractivity (Wildman–Crippen MR) is 63.3 cm³/mol. The highest BCUT2D eigenvalue weighted by Crippen LogP contribution is 2.10. The van der Waals surface area contributed by atoms with Crippen molar-refractivity contribution < 1.29 is 13.9 Å². The summed E-state index contributed by atoms with van der Waals surface area (Å²) in [5, 5.41) is 4.07. The van der Waals surface area contributed by atoms with Crippen molar-refractivity contribution in [1.82, 2.24) is 14.8 Å². The van der Waals surface area contributed by atoms with Crippen molar-refractivity contribution in [2.24, 2.45) is 0 Å². The van der Waals surface area contributed by atoms with Crippen LogP contribution in [-0.2, 0) is 11.3 Å².